The number of nitrogens with zero attached hydrogens (tertiary/aromatic N) is 1. The summed E-state index contributed by atoms with van der Waals surface area (Å²) < 4.78 is 0. The average molecular weight is 212 g/mol. The van der Waals surface area contributed by atoms with E-state index in [-0.39, 0.29) is 0 Å². The topological polar surface area (TPSA) is 15.3 Å². The highest BCUT2D eigenvalue weighted by atomic mass is 15.2. The lowest BCUT2D eigenvalue weighted by Gasteiger charge is -2.37. The van der Waals surface area contributed by atoms with Crippen molar-refractivity contribution in [3.8, 4) is 0 Å². The van der Waals surface area contributed by atoms with Gasteiger partial charge in [-0.3, -0.25) is 0 Å². The first-order valence-electron chi connectivity index (χ1n) is 6.73. The standard InChI is InChI=1S/C13H28N2/c1-4-9-15(10-5-2)13-8-6-7-12(11-13)14-3/h12-14H,4-11H2,1-3H3. The van der Waals surface area contributed by atoms with Crippen molar-refractivity contribution in [1.82, 2.24) is 10.2 Å². The lowest BCUT2D eigenvalue weighted by Crippen LogP contribution is -2.44. The Hall–Kier alpha value is -0.0800. The van der Waals surface area contributed by atoms with Crippen LogP contribution in [-0.2, 0) is 0 Å². The number of rotatable bonds is 6. The van der Waals surface area contributed by atoms with Crippen LogP contribution in [0.5, 0.6) is 0 Å². The monoisotopic (exact) mass is 212 g/mol. The van der Waals surface area contributed by atoms with Crippen molar-refractivity contribution in [2.75, 3.05) is 20.1 Å². The summed E-state index contributed by atoms with van der Waals surface area (Å²) in [5, 5.41) is 3.45. The minimum absolute atomic E-state index is 0.764. The zero-order valence-electron chi connectivity index (χ0n) is 10.8. The van der Waals surface area contributed by atoms with Crippen molar-refractivity contribution in [2.24, 2.45) is 0 Å². The molecule has 15 heavy (non-hydrogen) atoms. The molecule has 1 saturated carbocycles. The van der Waals surface area contributed by atoms with Crippen LogP contribution in [0, 0.1) is 0 Å². The summed E-state index contributed by atoms with van der Waals surface area (Å²) >= 11 is 0. The van der Waals surface area contributed by atoms with Gasteiger partial charge in [0, 0.05) is 12.1 Å². The van der Waals surface area contributed by atoms with Gasteiger partial charge in [-0.15, -0.1) is 0 Å². The molecular weight excluding hydrogens is 184 g/mol. The van der Waals surface area contributed by atoms with Gasteiger partial charge in [0.1, 0.15) is 0 Å². The summed E-state index contributed by atoms with van der Waals surface area (Å²) in [6, 6.07) is 1.61. The Bertz CT molecular complexity index is 153. The number of hydrogen-bond acceptors (Lipinski definition) is 2. The van der Waals surface area contributed by atoms with Gasteiger partial charge in [0.2, 0.25) is 0 Å². The summed E-state index contributed by atoms with van der Waals surface area (Å²) in [5.41, 5.74) is 0. The van der Waals surface area contributed by atoms with Crippen LogP contribution in [0.1, 0.15) is 52.4 Å². The third kappa shape index (κ3) is 4.12. The molecule has 0 radical (unpaired) electrons. The van der Waals surface area contributed by atoms with E-state index in [1.54, 1.807) is 0 Å². The van der Waals surface area contributed by atoms with Crippen molar-refractivity contribution < 1.29 is 0 Å². The van der Waals surface area contributed by atoms with Gasteiger partial charge >= 0.3 is 0 Å². The molecule has 1 fully saturated rings. The zero-order valence-corrected chi connectivity index (χ0v) is 10.8. The van der Waals surface area contributed by atoms with E-state index < -0.39 is 0 Å². The minimum Gasteiger partial charge on any atom is -0.317 e. The van der Waals surface area contributed by atoms with Gasteiger partial charge in [-0.05, 0) is 52.2 Å². The van der Waals surface area contributed by atoms with E-state index in [1.807, 2.05) is 0 Å². The van der Waals surface area contributed by atoms with E-state index in [1.165, 1.54) is 51.6 Å². The van der Waals surface area contributed by atoms with Crippen LogP contribution in [0.25, 0.3) is 0 Å². The van der Waals surface area contributed by atoms with Gasteiger partial charge < -0.3 is 10.2 Å². The Balaban J connectivity index is 2.42. The first-order valence-corrected chi connectivity index (χ1v) is 6.73. The summed E-state index contributed by atoms with van der Waals surface area (Å²) in [4.78, 5) is 2.71. The Morgan fingerprint density at radius 3 is 2.33 bits per heavy atom. The van der Waals surface area contributed by atoms with E-state index in [0.29, 0.717) is 0 Å². The molecule has 0 aliphatic heterocycles. The van der Waals surface area contributed by atoms with E-state index in [2.05, 4.69) is 31.1 Å². The van der Waals surface area contributed by atoms with Gasteiger partial charge in [0.25, 0.3) is 0 Å². The van der Waals surface area contributed by atoms with Crippen molar-refractivity contribution >= 4 is 0 Å². The first kappa shape index (κ1) is 13.0. The second-order valence-electron chi connectivity index (χ2n) is 4.84. The maximum absolute atomic E-state index is 3.45. The number of hydrogen-bond donors (Lipinski definition) is 1. The fraction of sp³-hybridized carbons (Fsp3) is 1.00. The highest BCUT2D eigenvalue weighted by Crippen LogP contribution is 2.23. The highest BCUT2D eigenvalue weighted by molar-refractivity contribution is 4.83. The summed E-state index contributed by atoms with van der Waals surface area (Å²) in [6.07, 6.45) is 8.13. The smallest absolute Gasteiger partial charge is 0.0110 e. The van der Waals surface area contributed by atoms with Gasteiger partial charge in [-0.1, -0.05) is 20.3 Å². The first-order chi connectivity index (χ1) is 7.31. The molecule has 2 heteroatoms. The molecule has 0 amide bonds. The third-order valence-corrected chi connectivity index (χ3v) is 3.59. The molecular formula is C13H28N2. The zero-order chi connectivity index (χ0) is 11.1. The Labute approximate surface area is 95.4 Å². The maximum Gasteiger partial charge on any atom is 0.0110 e. The second-order valence-corrected chi connectivity index (χ2v) is 4.84. The molecule has 0 bridgehead atoms. The van der Waals surface area contributed by atoms with Crippen LogP contribution in [0.15, 0.2) is 0 Å². The fourth-order valence-electron chi connectivity index (χ4n) is 2.81. The van der Waals surface area contributed by atoms with Crippen LogP contribution in [0.3, 0.4) is 0 Å². The Kier molecular flexibility index (Phi) is 6.26. The maximum atomic E-state index is 3.45. The molecule has 0 aromatic rings. The third-order valence-electron chi connectivity index (χ3n) is 3.59. The molecule has 1 aliphatic rings. The molecule has 0 saturated heterocycles. The van der Waals surface area contributed by atoms with Crippen LogP contribution in [-0.4, -0.2) is 37.1 Å². The largest absolute Gasteiger partial charge is 0.317 e. The van der Waals surface area contributed by atoms with Crippen molar-refractivity contribution in [1.29, 1.82) is 0 Å². The predicted molar refractivity (Wildman–Crippen MR) is 67.3 cm³/mol. The second kappa shape index (κ2) is 7.24. The predicted octanol–water partition coefficient (Wildman–Crippen LogP) is 2.64. The van der Waals surface area contributed by atoms with Crippen LogP contribution < -0.4 is 5.32 Å². The molecule has 2 atom stereocenters. The van der Waals surface area contributed by atoms with E-state index >= 15 is 0 Å². The van der Waals surface area contributed by atoms with Crippen molar-refractivity contribution in [2.45, 2.75) is 64.5 Å². The average Bonchev–Trinajstić information content (AvgIpc) is 2.29. The van der Waals surface area contributed by atoms with Crippen molar-refractivity contribution in [3.63, 3.8) is 0 Å². The number of nitrogens with one attached hydrogen (secondary N) is 1. The fourth-order valence-corrected chi connectivity index (χ4v) is 2.81. The molecule has 0 aromatic heterocycles. The molecule has 2 unspecified atom stereocenters. The summed E-state index contributed by atoms with van der Waals surface area (Å²) in [5.74, 6) is 0. The molecule has 90 valence electrons. The SMILES string of the molecule is CCCN(CCC)C1CCCC(NC)C1. The molecule has 2 nitrogen and oxygen atoms in total. The molecule has 0 spiro atoms. The van der Waals surface area contributed by atoms with E-state index in [9.17, 15) is 0 Å². The minimum atomic E-state index is 0.764. The van der Waals surface area contributed by atoms with Gasteiger partial charge in [0.15, 0.2) is 0 Å². The molecule has 0 aromatic carbocycles. The molecule has 1 aliphatic carbocycles. The normalized spacial score (nSPS) is 27.2. The van der Waals surface area contributed by atoms with Crippen LogP contribution in [0.4, 0.5) is 0 Å². The molecule has 1 N–H and O–H groups in total. The van der Waals surface area contributed by atoms with E-state index in [4.69, 9.17) is 0 Å². The summed E-state index contributed by atoms with van der Waals surface area (Å²) in [6.45, 7) is 7.16. The Morgan fingerprint density at radius 2 is 1.80 bits per heavy atom. The lowest BCUT2D eigenvalue weighted by atomic mass is 9.90. The molecule has 1 rings (SSSR count). The summed E-state index contributed by atoms with van der Waals surface area (Å²) in [7, 11) is 2.11. The van der Waals surface area contributed by atoms with Gasteiger partial charge in [0.05, 0.1) is 0 Å². The van der Waals surface area contributed by atoms with Crippen molar-refractivity contribution in [3.05, 3.63) is 0 Å². The van der Waals surface area contributed by atoms with Gasteiger partial charge in [-0.2, -0.15) is 0 Å². The quantitative estimate of drug-likeness (QED) is 0.728. The lowest BCUT2D eigenvalue weighted by molar-refractivity contribution is 0.141. The van der Waals surface area contributed by atoms with Crippen LogP contribution in [0.2, 0.25) is 0 Å². The van der Waals surface area contributed by atoms with Gasteiger partial charge in [-0.25, -0.2) is 0 Å². The molecule has 0 heterocycles. The van der Waals surface area contributed by atoms with Crippen LogP contribution >= 0.6 is 0 Å². The highest BCUT2D eigenvalue weighted by Gasteiger charge is 2.24. The van der Waals surface area contributed by atoms with E-state index in [0.717, 1.165) is 12.1 Å². The Morgan fingerprint density at radius 1 is 1.13 bits per heavy atom.